The van der Waals surface area contributed by atoms with E-state index in [4.69, 9.17) is 0 Å². The molecule has 0 spiro atoms. The van der Waals surface area contributed by atoms with Crippen molar-refractivity contribution in [2.45, 2.75) is 24.2 Å². The maximum Gasteiger partial charge on any atom is 0.191 e. The van der Waals surface area contributed by atoms with Gasteiger partial charge in [-0.1, -0.05) is 37.4 Å². The Balaban J connectivity index is 2.67. The third-order valence-corrected chi connectivity index (χ3v) is 2.56. The molecule has 0 unspecified atom stereocenters. The average molecular weight is 201 g/mol. The van der Waals surface area contributed by atoms with Gasteiger partial charge in [0.05, 0.1) is 0 Å². The summed E-state index contributed by atoms with van der Waals surface area (Å²) in [5, 5.41) is 1.65. The van der Waals surface area contributed by atoms with Gasteiger partial charge in [-0.05, 0) is 11.5 Å². The molecule has 0 aliphatic carbocycles. The van der Waals surface area contributed by atoms with Crippen LogP contribution in [-0.2, 0) is 0 Å². The van der Waals surface area contributed by atoms with Crippen molar-refractivity contribution >= 4 is 23.5 Å². The molecule has 0 radical (unpaired) electrons. The van der Waals surface area contributed by atoms with Gasteiger partial charge in [-0.25, -0.2) is 9.97 Å². The monoisotopic (exact) mass is 201 g/mol. The normalized spacial score (nSPS) is 10.2. The molecule has 1 aromatic heterocycles. The van der Waals surface area contributed by atoms with Gasteiger partial charge in [-0.15, -0.1) is 0 Å². The van der Waals surface area contributed by atoms with Gasteiger partial charge in [0.15, 0.2) is 10.3 Å². The second-order valence-corrected chi connectivity index (χ2v) is 4.38. The average Bonchev–Trinajstić information content (AvgIpc) is 2.06. The first kappa shape index (κ1) is 9.80. The minimum atomic E-state index is 0.823. The molecule has 0 aliphatic heterocycles. The molecule has 0 saturated carbocycles. The van der Waals surface area contributed by atoms with Crippen molar-refractivity contribution < 1.29 is 0 Å². The molecule has 0 saturated heterocycles. The lowest BCUT2D eigenvalue weighted by atomic mass is 11.0. The molecule has 0 bridgehead atoms. The molecule has 66 valence electrons. The molecule has 0 amide bonds. The predicted molar refractivity (Wildman–Crippen MR) is 52.6 cm³/mol. The third kappa shape index (κ3) is 2.98. The van der Waals surface area contributed by atoms with Gasteiger partial charge in [-0.2, -0.15) is 4.98 Å². The van der Waals surface area contributed by atoms with Crippen molar-refractivity contribution in [3.05, 3.63) is 6.33 Å². The highest BCUT2D eigenvalue weighted by Gasteiger charge is 1.98. The van der Waals surface area contributed by atoms with Crippen molar-refractivity contribution in [3.63, 3.8) is 0 Å². The zero-order valence-electron chi connectivity index (χ0n) is 7.15. The number of rotatable bonds is 4. The first-order valence-electron chi connectivity index (χ1n) is 3.81. The van der Waals surface area contributed by atoms with Crippen LogP contribution in [-0.4, -0.2) is 26.5 Å². The van der Waals surface area contributed by atoms with Crippen molar-refractivity contribution in [3.8, 4) is 0 Å². The minimum absolute atomic E-state index is 0.823. The van der Waals surface area contributed by atoms with Crippen molar-refractivity contribution in [2.75, 3.05) is 11.5 Å². The molecule has 12 heavy (non-hydrogen) atoms. The van der Waals surface area contributed by atoms with E-state index in [1.165, 1.54) is 0 Å². The molecule has 0 atom stereocenters. The van der Waals surface area contributed by atoms with Crippen LogP contribution in [0.3, 0.4) is 0 Å². The molecule has 0 aliphatic rings. The largest absolute Gasteiger partial charge is 0.211 e. The van der Waals surface area contributed by atoms with Crippen molar-refractivity contribution in [1.29, 1.82) is 0 Å². The summed E-state index contributed by atoms with van der Waals surface area (Å²) < 4.78 is 0. The zero-order chi connectivity index (χ0) is 8.81. The molecular weight excluding hydrogens is 190 g/mol. The number of thioether (sulfide) groups is 2. The standard InChI is InChI=1S/C7H11N3S2/c1-3-11-6-8-5-9-7(10-6)12-4-2/h5H,3-4H2,1-2H3. The van der Waals surface area contributed by atoms with Gasteiger partial charge in [0.25, 0.3) is 0 Å². The highest BCUT2D eigenvalue weighted by molar-refractivity contribution is 7.99. The van der Waals surface area contributed by atoms with Crippen LogP contribution < -0.4 is 0 Å². The zero-order valence-corrected chi connectivity index (χ0v) is 8.78. The summed E-state index contributed by atoms with van der Waals surface area (Å²) in [6, 6.07) is 0. The first-order valence-corrected chi connectivity index (χ1v) is 5.78. The van der Waals surface area contributed by atoms with Crippen molar-refractivity contribution in [1.82, 2.24) is 15.0 Å². The SMILES string of the molecule is CCSc1ncnc(SCC)n1. The molecule has 3 nitrogen and oxygen atoms in total. The summed E-state index contributed by atoms with van der Waals surface area (Å²) in [4.78, 5) is 12.3. The molecule has 1 heterocycles. The Bertz CT molecular complexity index is 221. The number of hydrogen-bond acceptors (Lipinski definition) is 5. The van der Waals surface area contributed by atoms with Crippen LogP contribution in [0, 0.1) is 0 Å². The smallest absolute Gasteiger partial charge is 0.191 e. The molecular formula is C7H11N3S2. The number of aromatic nitrogens is 3. The topological polar surface area (TPSA) is 38.7 Å². The van der Waals surface area contributed by atoms with Gasteiger partial charge in [0.2, 0.25) is 0 Å². The lowest BCUT2D eigenvalue weighted by Crippen LogP contribution is -1.92. The van der Waals surface area contributed by atoms with E-state index in [0.717, 1.165) is 21.8 Å². The first-order chi connectivity index (χ1) is 5.86. The summed E-state index contributed by atoms with van der Waals surface area (Å²) in [7, 11) is 0. The van der Waals surface area contributed by atoms with E-state index >= 15 is 0 Å². The predicted octanol–water partition coefficient (Wildman–Crippen LogP) is 2.10. The fourth-order valence-corrected chi connectivity index (χ4v) is 1.78. The third-order valence-electron chi connectivity index (χ3n) is 1.07. The second-order valence-electron chi connectivity index (χ2n) is 1.92. The van der Waals surface area contributed by atoms with E-state index in [9.17, 15) is 0 Å². The summed E-state index contributed by atoms with van der Waals surface area (Å²) in [6.07, 6.45) is 1.57. The van der Waals surface area contributed by atoms with E-state index in [-0.39, 0.29) is 0 Å². The van der Waals surface area contributed by atoms with Crippen LogP contribution in [0.25, 0.3) is 0 Å². The fraction of sp³-hybridized carbons (Fsp3) is 0.571. The highest BCUT2D eigenvalue weighted by Crippen LogP contribution is 2.15. The molecule has 0 aromatic carbocycles. The highest BCUT2D eigenvalue weighted by atomic mass is 32.2. The van der Waals surface area contributed by atoms with Gasteiger partial charge >= 0.3 is 0 Å². The van der Waals surface area contributed by atoms with Crippen LogP contribution in [0.15, 0.2) is 16.6 Å². The number of hydrogen-bond donors (Lipinski definition) is 0. The summed E-state index contributed by atoms with van der Waals surface area (Å²) >= 11 is 3.28. The fourth-order valence-electron chi connectivity index (χ4n) is 0.664. The van der Waals surface area contributed by atoms with E-state index in [1.807, 2.05) is 0 Å². The summed E-state index contributed by atoms with van der Waals surface area (Å²) in [6.45, 7) is 4.17. The lowest BCUT2D eigenvalue weighted by molar-refractivity contribution is 0.801. The van der Waals surface area contributed by atoms with Gasteiger partial charge in [0, 0.05) is 0 Å². The van der Waals surface area contributed by atoms with E-state index < -0.39 is 0 Å². The molecule has 1 rings (SSSR count). The Kier molecular flexibility index (Phi) is 4.39. The van der Waals surface area contributed by atoms with E-state index in [1.54, 1.807) is 29.9 Å². The number of nitrogens with zero attached hydrogens (tertiary/aromatic N) is 3. The molecule has 0 N–H and O–H groups in total. The van der Waals surface area contributed by atoms with Crippen LogP contribution in [0.1, 0.15) is 13.8 Å². The van der Waals surface area contributed by atoms with Crippen LogP contribution in [0.5, 0.6) is 0 Å². The Hall–Kier alpha value is -0.290. The maximum atomic E-state index is 4.26. The summed E-state index contributed by atoms with van der Waals surface area (Å²) in [5.41, 5.74) is 0. The molecule has 1 aromatic rings. The van der Waals surface area contributed by atoms with E-state index in [0.29, 0.717) is 0 Å². The van der Waals surface area contributed by atoms with Gasteiger partial charge in [-0.3, -0.25) is 0 Å². The van der Waals surface area contributed by atoms with Crippen molar-refractivity contribution in [2.24, 2.45) is 0 Å². The quantitative estimate of drug-likeness (QED) is 0.697. The van der Waals surface area contributed by atoms with Gasteiger partial charge < -0.3 is 0 Å². The lowest BCUT2D eigenvalue weighted by Gasteiger charge is -1.98. The second kappa shape index (κ2) is 5.37. The maximum absolute atomic E-state index is 4.26. The van der Waals surface area contributed by atoms with Crippen LogP contribution >= 0.6 is 23.5 Å². The van der Waals surface area contributed by atoms with Gasteiger partial charge in [0.1, 0.15) is 6.33 Å². The molecule has 5 heteroatoms. The molecule has 0 fully saturated rings. The Morgan fingerprint density at radius 3 is 2.00 bits per heavy atom. The Morgan fingerprint density at radius 2 is 1.58 bits per heavy atom. The van der Waals surface area contributed by atoms with Crippen LogP contribution in [0.2, 0.25) is 0 Å². The van der Waals surface area contributed by atoms with E-state index in [2.05, 4.69) is 28.8 Å². The van der Waals surface area contributed by atoms with Crippen LogP contribution in [0.4, 0.5) is 0 Å². The summed E-state index contributed by atoms with van der Waals surface area (Å²) in [5.74, 6) is 2.00. The minimum Gasteiger partial charge on any atom is -0.211 e. The Labute approximate surface area is 80.8 Å². The Morgan fingerprint density at radius 1 is 1.08 bits per heavy atom.